The topological polar surface area (TPSA) is 12.4 Å². The largest absolute Gasteiger partial charge is 0.249 e. The highest BCUT2D eigenvalue weighted by atomic mass is 14.8. The number of hydrogen-bond donors (Lipinski definition) is 0. The molecule has 0 saturated heterocycles. The second-order valence-corrected chi connectivity index (χ2v) is 4.72. The van der Waals surface area contributed by atoms with Gasteiger partial charge in [-0.15, -0.1) is 0 Å². The predicted octanol–water partition coefficient (Wildman–Crippen LogP) is 4.62. The smallest absolute Gasteiger partial charge is 0.0659 e. The zero-order valence-corrected chi connectivity index (χ0v) is 11.3. The number of benzene rings is 1. The number of nitrogens with zero attached hydrogens (tertiary/aromatic N) is 1. The van der Waals surface area contributed by atoms with Crippen molar-refractivity contribution in [3.05, 3.63) is 65.3 Å². The second-order valence-electron chi connectivity index (χ2n) is 4.72. The molecule has 0 aliphatic heterocycles. The molecule has 2 rings (SSSR count). The molecular weight excluding hydrogens is 218 g/mol. The van der Waals surface area contributed by atoms with Crippen LogP contribution < -0.4 is 0 Å². The van der Waals surface area contributed by atoms with Crippen molar-refractivity contribution in [3.8, 4) is 0 Å². The van der Waals surface area contributed by atoms with Crippen LogP contribution in [0.4, 0.5) is 0 Å². The highest BCUT2D eigenvalue weighted by molar-refractivity contribution is 6.10. The van der Waals surface area contributed by atoms with Gasteiger partial charge in [0, 0.05) is 5.56 Å². The lowest BCUT2D eigenvalue weighted by Crippen LogP contribution is -2.00. The van der Waals surface area contributed by atoms with Crippen molar-refractivity contribution in [2.24, 2.45) is 4.99 Å². The van der Waals surface area contributed by atoms with E-state index in [1.165, 1.54) is 16.7 Å². The summed E-state index contributed by atoms with van der Waals surface area (Å²) in [7, 11) is 0. The molecule has 0 saturated carbocycles. The Morgan fingerprint density at radius 1 is 1.22 bits per heavy atom. The summed E-state index contributed by atoms with van der Waals surface area (Å²) in [6.45, 7) is 10.4. The Morgan fingerprint density at radius 3 is 2.72 bits per heavy atom. The van der Waals surface area contributed by atoms with Gasteiger partial charge in [-0.1, -0.05) is 36.9 Å². The molecule has 1 heteroatoms. The van der Waals surface area contributed by atoms with E-state index in [1.807, 2.05) is 0 Å². The molecule has 1 aliphatic carbocycles. The quantitative estimate of drug-likeness (QED) is 0.711. The first-order valence-electron chi connectivity index (χ1n) is 6.27. The third-order valence-corrected chi connectivity index (χ3v) is 3.41. The van der Waals surface area contributed by atoms with Crippen molar-refractivity contribution < 1.29 is 0 Å². The first-order chi connectivity index (χ1) is 8.59. The molecule has 0 spiro atoms. The number of aryl methyl sites for hydroxylation is 1. The zero-order chi connectivity index (χ0) is 13.1. The summed E-state index contributed by atoms with van der Waals surface area (Å²) in [6.07, 6.45) is 7.39. The van der Waals surface area contributed by atoms with Gasteiger partial charge >= 0.3 is 0 Å². The molecule has 0 atom stereocenters. The normalized spacial score (nSPS) is 16.8. The van der Waals surface area contributed by atoms with Crippen molar-refractivity contribution >= 4 is 11.4 Å². The van der Waals surface area contributed by atoms with E-state index in [0.717, 1.165) is 23.4 Å². The van der Waals surface area contributed by atoms with Crippen LogP contribution in [0, 0.1) is 13.8 Å². The van der Waals surface area contributed by atoms with E-state index in [-0.39, 0.29) is 0 Å². The summed E-state index contributed by atoms with van der Waals surface area (Å²) in [4.78, 5) is 4.66. The molecule has 0 amide bonds. The Kier molecular flexibility index (Phi) is 3.61. The molecule has 1 aromatic rings. The molecule has 92 valence electrons. The van der Waals surface area contributed by atoms with Crippen LogP contribution in [-0.2, 0) is 0 Å². The van der Waals surface area contributed by atoms with Gasteiger partial charge in [0.1, 0.15) is 0 Å². The summed E-state index contributed by atoms with van der Waals surface area (Å²) < 4.78 is 0. The standard InChI is InChI=1S/C17H19N/c1-12-9-7-10-16(14(12)3)15(4)18-17-11-6-5-8-13(17)2/h6-11H,4-5H2,1-3H3. The third kappa shape index (κ3) is 2.51. The van der Waals surface area contributed by atoms with Crippen molar-refractivity contribution in [1.82, 2.24) is 0 Å². The van der Waals surface area contributed by atoms with Crippen LogP contribution in [0.5, 0.6) is 0 Å². The fraction of sp³-hybridized carbons (Fsp3) is 0.235. The van der Waals surface area contributed by atoms with Crippen LogP contribution in [0.15, 0.2) is 53.6 Å². The number of aliphatic imine (C=N–C) groups is 1. The fourth-order valence-electron chi connectivity index (χ4n) is 2.06. The molecule has 0 N–H and O–H groups in total. The van der Waals surface area contributed by atoms with Crippen LogP contribution in [0.2, 0.25) is 0 Å². The van der Waals surface area contributed by atoms with Crippen LogP contribution in [0.25, 0.3) is 5.70 Å². The van der Waals surface area contributed by atoms with Gasteiger partial charge in [-0.2, -0.15) is 0 Å². The molecule has 0 heterocycles. The Balaban J connectivity index is 2.35. The summed E-state index contributed by atoms with van der Waals surface area (Å²) in [5.74, 6) is 0. The molecular formula is C17H19N. The van der Waals surface area contributed by atoms with Crippen LogP contribution >= 0.6 is 0 Å². The van der Waals surface area contributed by atoms with Crippen molar-refractivity contribution in [3.63, 3.8) is 0 Å². The third-order valence-electron chi connectivity index (χ3n) is 3.41. The van der Waals surface area contributed by atoms with E-state index in [9.17, 15) is 0 Å². The van der Waals surface area contributed by atoms with Crippen LogP contribution in [0.3, 0.4) is 0 Å². The molecule has 0 aromatic heterocycles. The number of rotatable bonds is 2. The maximum absolute atomic E-state index is 4.66. The van der Waals surface area contributed by atoms with E-state index < -0.39 is 0 Å². The lowest BCUT2D eigenvalue weighted by atomic mass is 10.0. The first kappa shape index (κ1) is 12.6. The van der Waals surface area contributed by atoms with Gasteiger partial charge in [0.2, 0.25) is 0 Å². The minimum atomic E-state index is 0.838. The lowest BCUT2D eigenvalue weighted by Gasteiger charge is -2.11. The summed E-state index contributed by atoms with van der Waals surface area (Å²) in [5.41, 5.74) is 6.75. The Bertz CT molecular complexity index is 571. The molecule has 1 aromatic carbocycles. The molecule has 0 bridgehead atoms. The van der Waals surface area contributed by atoms with Crippen molar-refractivity contribution in [1.29, 1.82) is 0 Å². The number of allylic oxidation sites excluding steroid dienone is 4. The van der Waals surface area contributed by atoms with E-state index in [1.54, 1.807) is 0 Å². The van der Waals surface area contributed by atoms with Gasteiger partial charge in [-0.25, -0.2) is 4.99 Å². The summed E-state index contributed by atoms with van der Waals surface area (Å²) in [6, 6.07) is 6.26. The molecule has 1 nitrogen and oxygen atoms in total. The Hall–Kier alpha value is -1.89. The highest BCUT2D eigenvalue weighted by Gasteiger charge is 2.07. The van der Waals surface area contributed by atoms with Crippen molar-refractivity contribution in [2.75, 3.05) is 0 Å². The summed E-state index contributed by atoms with van der Waals surface area (Å²) in [5, 5.41) is 0. The summed E-state index contributed by atoms with van der Waals surface area (Å²) >= 11 is 0. The Labute approximate surface area is 109 Å². The van der Waals surface area contributed by atoms with E-state index in [4.69, 9.17) is 0 Å². The van der Waals surface area contributed by atoms with Gasteiger partial charge < -0.3 is 0 Å². The minimum absolute atomic E-state index is 0.838. The molecule has 0 fully saturated rings. The van der Waals surface area contributed by atoms with Gasteiger partial charge in [-0.05, 0) is 50.0 Å². The lowest BCUT2D eigenvalue weighted by molar-refractivity contribution is 1.29. The molecule has 0 unspecified atom stereocenters. The maximum Gasteiger partial charge on any atom is 0.0659 e. The van der Waals surface area contributed by atoms with Gasteiger partial charge in [0.25, 0.3) is 0 Å². The second kappa shape index (κ2) is 5.18. The van der Waals surface area contributed by atoms with E-state index >= 15 is 0 Å². The fourth-order valence-corrected chi connectivity index (χ4v) is 2.06. The van der Waals surface area contributed by atoms with Gasteiger partial charge in [0.15, 0.2) is 0 Å². The highest BCUT2D eigenvalue weighted by Crippen LogP contribution is 2.22. The monoisotopic (exact) mass is 237 g/mol. The maximum atomic E-state index is 4.66. The van der Waals surface area contributed by atoms with Crippen LogP contribution in [0.1, 0.15) is 30.0 Å². The van der Waals surface area contributed by atoms with E-state index in [2.05, 4.69) is 68.8 Å². The average molecular weight is 237 g/mol. The average Bonchev–Trinajstić information content (AvgIpc) is 2.35. The molecule has 18 heavy (non-hydrogen) atoms. The van der Waals surface area contributed by atoms with Gasteiger partial charge in [0.05, 0.1) is 11.4 Å². The molecule has 0 radical (unpaired) electrons. The first-order valence-corrected chi connectivity index (χ1v) is 6.27. The molecule has 1 aliphatic rings. The predicted molar refractivity (Wildman–Crippen MR) is 79.9 cm³/mol. The SMILES string of the molecule is C=C(N=C1C=CCC=C1C)c1cccc(C)c1C. The number of hydrogen-bond acceptors (Lipinski definition) is 1. The minimum Gasteiger partial charge on any atom is -0.249 e. The zero-order valence-electron chi connectivity index (χ0n) is 11.3. The van der Waals surface area contributed by atoms with E-state index in [0.29, 0.717) is 0 Å². The Morgan fingerprint density at radius 2 is 2.00 bits per heavy atom. The van der Waals surface area contributed by atoms with Gasteiger partial charge in [-0.3, -0.25) is 0 Å². The van der Waals surface area contributed by atoms with Crippen LogP contribution in [-0.4, -0.2) is 5.71 Å². The van der Waals surface area contributed by atoms with Crippen molar-refractivity contribution in [2.45, 2.75) is 27.2 Å².